The molecule has 0 atom stereocenters. The number of hydrogen-bond donors (Lipinski definition) is 2. The molecule has 0 spiro atoms. The Labute approximate surface area is 127 Å². The molecule has 0 fully saturated rings. The van der Waals surface area contributed by atoms with Gasteiger partial charge in [0, 0.05) is 17.8 Å². The Morgan fingerprint density at radius 1 is 1.14 bits per heavy atom. The van der Waals surface area contributed by atoms with Crippen LogP contribution in [0.4, 0.5) is 0 Å². The molecule has 3 aromatic rings. The number of oxime groups is 1. The first-order chi connectivity index (χ1) is 10.7. The Kier molecular flexibility index (Phi) is 3.87. The van der Waals surface area contributed by atoms with Crippen molar-refractivity contribution in [1.82, 2.24) is 4.98 Å². The summed E-state index contributed by atoms with van der Waals surface area (Å²) >= 11 is 0. The minimum atomic E-state index is -0.453. The first kappa shape index (κ1) is 13.9. The lowest BCUT2D eigenvalue weighted by atomic mass is 10.1. The van der Waals surface area contributed by atoms with Crippen molar-refractivity contribution >= 4 is 22.5 Å². The zero-order valence-electron chi connectivity index (χ0n) is 11.8. The Balaban J connectivity index is 1.86. The molecule has 3 rings (SSSR count). The summed E-state index contributed by atoms with van der Waals surface area (Å²) < 4.78 is 0. The van der Waals surface area contributed by atoms with Gasteiger partial charge in [0.1, 0.15) is 0 Å². The van der Waals surface area contributed by atoms with Crippen LogP contribution in [0.2, 0.25) is 0 Å². The monoisotopic (exact) mass is 293 g/mol. The first-order valence-corrected chi connectivity index (χ1v) is 6.87. The van der Waals surface area contributed by atoms with Crippen LogP contribution in [-0.2, 0) is 4.79 Å². The molecule has 2 aromatic carbocycles. The second kappa shape index (κ2) is 6.13. The molecular weight excluding hydrogens is 278 g/mol. The van der Waals surface area contributed by atoms with Crippen molar-refractivity contribution in [2.75, 3.05) is 0 Å². The number of primary amides is 1. The fourth-order valence-electron chi connectivity index (χ4n) is 2.17. The van der Waals surface area contributed by atoms with Crippen LogP contribution in [0.1, 0.15) is 12.0 Å². The number of rotatable bonds is 5. The van der Waals surface area contributed by atoms with Gasteiger partial charge in [-0.15, -0.1) is 0 Å². The summed E-state index contributed by atoms with van der Waals surface area (Å²) in [6.07, 6.45) is 1.88. The normalized spacial score (nSPS) is 11.5. The van der Waals surface area contributed by atoms with Crippen LogP contribution in [-0.4, -0.2) is 16.6 Å². The van der Waals surface area contributed by atoms with Gasteiger partial charge in [0.25, 0.3) is 0 Å². The second-order valence-corrected chi connectivity index (χ2v) is 4.87. The molecule has 0 saturated heterocycles. The fraction of sp³-hybridized carbons (Fsp3) is 0.0588. The lowest BCUT2D eigenvalue weighted by Gasteiger charge is -2.05. The van der Waals surface area contributed by atoms with E-state index >= 15 is 0 Å². The second-order valence-electron chi connectivity index (χ2n) is 4.87. The van der Waals surface area contributed by atoms with Crippen molar-refractivity contribution in [2.45, 2.75) is 6.42 Å². The molecule has 1 aromatic heterocycles. The Hall–Kier alpha value is -3.08. The van der Waals surface area contributed by atoms with Crippen LogP contribution in [0.3, 0.4) is 0 Å². The van der Waals surface area contributed by atoms with Crippen molar-refractivity contribution in [3.05, 3.63) is 66.4 Å². The van der Waals surface area contributed by atoms with Crippen molar-refractivity contribution in [3.8, 4) is 5.75 Å². The quantitative estimate of drug-likeness (QED) is 0.560. The number of hydrogen-bond acceptors (Lipinski definition) is 3. The van der Waals surface area contributed by atoms with Crippen molar-refractivity contribution < 1.29 is 9.63 Å². The third-order valence-corrected chi connectivity index (χ3v) is 3.24. The molecule has 1 heterocycles. The highest BCUT2D eigenvalue weighted by Crippen LogP contribution is 2.20. The van der Waals surface area contributed by atoms with Crippen LogP contribution in [0, 0.1) is 0 Å². The molecular formula is C17H15N3O2. The molecule has 5 heteroatoms. The van der Waals surface area contributed by atoms with E-state index in [1.165, 1.54) is 0 Å². The predicted octanol–water partition coefficient (Wildman–Crippen LogP) is 2.83. The number of nitrogens with zero attached hydrogens (tertiary/aromatic N) is 1. The first-order valence-electron chi connectivity index (χ1n) is 6.87. The van der Waals surface area contributed by atoms with Gasteiger partial charge in [-0.3, -0.25) is 4.79 Å². The molecule has 0 aliphatic carbocycles. The molecule has 3 N–H and O–H groups in total. The van der Waals surface area contributed by atoms with E-state index in [-0.39, 0.29) is 6.42 Å². The summed E-state index contributed by atoms with van der Waals surface area (Å²) in [5.74, 6) is 0.138. The highest BCUT2D eigenvalue weighted by Gasteiger charge is 2.08. The average Bonchev–Trinajstić information content (AvgIpc) is 2.99. The zero-order chi connectivity index (χ0) is 15.4. The summed E-state index contributed by atoms with van der Waals surface area (Å²) in [4.78, 5) is 19.8. The van der Waals surface area contributed by atoms with Crippen LogP contribution in [0.5, 0.6) is 5.75 Å². The molecule has 1 amide bonds. The van der Waals surface area contributed by atoms with Crippen molar-refractivity contribution in [2.24, 2.45) is 10.9 Å². The number of benzene rings is 2. The summed E-state index contributed by atoms with van der Waals surface area (Å²) in [7, 11) is 0. The Bertz CT molecular complexity index is 822. The molecule has 0 bridgehead atoms. The summed E-state index contributed by atoms with van der Waals surface area (Å²) in [5, 5.41) is 5.19. The molecule has 0 unspecified atom stereocenters. The molecule has 0 aliphatic heterocycles. The van der Waals surface area contributed by atoms with Gasteiger partial charge in [0.15, 0.2) is 5.75 Å². The number of nitrogens with one attached hydrogen (secondary N) is 1. The van der Waals surface area contributed by atoms with Gasteiger partial charge in [-0.1, -0.05) is 35.5 Å². The van der Waals surface area contributed by atoms with E-state index in [0.717, 1.165) is 16.5 Å². The molecule has 22 heavy (non-hydrogen) atoms. The molecule has 0 radical (unpaired) electrons. The smallest absolute Gasteiger partial charge is 0.223 e. The maximum Gasteiger partial charge on any atom is 0.223 e. The minimum absolute atomic E-state index is 0.0226. The molecule has 0 aliphatic rings. The van der Waals surface area contributed by atoms with E-state index in [2.05, 4.69) is 10.1 Å². The van der Waals surface area contributed by atoms with Gasteiger partial charge < -0.3 is 15.6 Å². The van der Waals surface area contributed by atoms with E-state index in [9.17, 15) is 4.79 Å². The number of carbonyl (C=O) groups excluding carboxylic acids is 1. The third kappa shape index (κ3) is 3.15. The lowest BCUT2D eigenvalue weighted by Crippen LogP contribution is -2.17. The standard InChI is InChI=1S/C17H15N3O2/c18-17(21)11-16(12-4-2-1-3-5-12)20-22-14-7-6-13-8-9-19-15(13)10-14/h1-10,19H,11H2,(H2,18,21)/b20-16+. The summed E-state index contributed by atoms with van der Waals surface area (Å²) in [5.41, 5.74) is 7.55. The van der Waals surface area contributed by atoms with Gasteiger partial charge in [0.05, 0.1) is 12.1 Å². The Morgan fingerprint density at radius 2 is 1.95 bits per heavy atom. The largest absolute Gasteiger partial charge is 0.369 e. The number of aromatic nitrogens is 1. The van der Waals surface area contributed by atoms with Gasteiger partial charge >= 0.3 is 0 Å². The fourth-order valence-corrected chi connectivity index (χ4v) is 2.17. The number of aromatic amines is 1. The Morgan fingerprint density at radius 3 is 2.73 bits per heavy atom. The van der Waals surface area contributed by atoms with Gasteiger partial charge in [-0.25, -0.2) is 0 Å². The van der Waals surface area contributed by atoms with Crippen molar-refractivity contribution in [3.63, 3.8) is 0 Å². The summed E-state index contributed by atoms with van der Waals surface area (Å²) in [6, 6.07) is 17.0. The zero-order valence-corrected chi connectivity index (χ0v) is 11.8. The maximum atomic E-state index is 11.2. The van der Waals surface area contributed by atoms with Crippen LogP contribution < -0.4 is 10.6 Å². The number of H-pyrrole nitrogens is 1. The SMILES string of the molecule is NC(=O)C/C(=N\Oc1ccc2cc[nH]c2c1)c1ccccc1. The van der Waals surface area contributed by atoms with E-state index in [4.69, 9.17) is 10.6 Å². The minimum Gasteiger partial charge on any atom is -0.369 e. The van der Waals surface area contributed by atoms with Gasteiger partial charge in [0.2, 0.25) is 5.91 Å². The van der Waals surface area contributed by atoms with Crippen LogP contribution >= 0.6 is 0 Å². The topological polar surface area (TPSA) is 80.5 Å². The molecule has 0 saturated carbocycles. The van der Waals surface area contributed by atoms with Crippen LogP contribution in [0.15, 0.2) is 65.9 Å². The third-order valence-electron chi connectivity index (χ3n) is 3.24. The van der Waals surface area contributed by atoms with E-state index in [0.29, 0.717) is 11.5 Å². The lowest BCUT2D eigenvalue weighted by molar-refractivity contribution is -0.116. The maximum absolute atomic E-state index is 11.2. The number of nitrogens with two attached hydrogens (primary N) is 1. The molecule has 110 valence electrons. The average molecular weight is 293 g/mol. The highest BCUT2D eigenvalue weighted by molar-refractivity contribution is 6.09. The summed E-state index contributed by atoms with van der Waals surface area (Å²) in [6.45, 7) is 0. The molecule has 5 nitrogen and oxygen atoms in total. The van der Waals surface area contributed by atoms with Crippen molar-refractivity contribution in [1.29, 1.82) is 0 Å². The van der Waals surface area contributed by atoms with Gasteiger partial charge in [-0.05, 0) is 29.1 Å². The van der Waals surface area contributed by atoms with Gasteiger partial charge in [-0.2, -0.15) is 0 Å². The van der Waals surface area contributed by atoms with E-state index < -0.39 is 5.91 Å². The van der Waals surface area contributed by atoms with E-state index in [1.807, 2.05) is 60.8 Å². The van der Waals surface area contributed by atoms with Crippen LogP contribution in [0.25, 0.3) is 10.9 Å². The predicted molar refractivity (Wildman–Crippen MR) is 85.7 cm³/mol. The highest BCUT2D eigenvalue weighted by atomic mass is 16.6. The number of carbonyl (C=O) groups is 1. The van der Waals surface area contributed by atoms with E-state index in [1.54, 1.807) is 0 Å². The number of fused-ring (bicyclic) bond motifs is 1. The number of amides is 1.